The minimum absolute atomic E-state index is 0.239. The number of hydrogen-bond acceptors (Lipinski definition) is 6. The molecule has 7 nitrogen and oxygen atoms in total. The molecule has 2 aromatic carbocycles. The van der Waals surface area contributed by atoms with Crippen molar-refractivity contribution in [3.8, 4) is 5.75 Å². The number of rotatable bonds is 6. The van der Waals surface area contributed by atoms with Gasteiger partial charge in [-0.25, -0.2) is 4.79 Å². The van der Waals surface area contributed by atoms with E-state index in [-0.39, 0.29) is 12.5 Å². The van der Waals surface area contributed by atoms with Gasteiger partial charge in [0.15, 0.2) is 0 Å². The van der Waals surface area contributed by atoms with Crippen LogP contribution in [0.25, 0.3) is 0 Å². The number of amides is 1. The van der Waals surface area contributed by atoms with Gasteiger partial charge < -0.3 is 19.3 Å². The molecule has 1 N–H and O–H groups in total. The van der Waals surface area contributed by atoms with Crippen LogP contribution in [-0.2, 0) is 11.3 Å². The fourth-order valence-electron chi connectivity index (χ4n) is 2.83. The van der Waals surface area contributed by atoms with E-state index in [2.05, 4.69) is 10.5 Å². The standard InChI is InChI=1S/C22H22N2O5/c1-13-8-9-18(20(10-13)28-12-19-14(2)24-29-15(19)3)21(25)23-17-7-5-6-16(11-17)22(26)27-4/h5-11H,12H2,1-4H3,(H,23,25). The van der Waals surface area contributed by atoms with Crippen LogP contribution in [0.2, 0.25) is 0 Å². The lowest BCUT2D eigenvalue weighted by molar-refractivity contribution is 0.0600. The maximum Gasteiger partial charge on any atom is 0.337 e. The molecule has 29 heavy (non-hydrogen) atoms. The maximum atomic E-state index is 12.9. The molecule has 0 aliphatic heterocycles. The van der Waals surface area contributed by atoms with Crippen molar-refractivity contribution in [1.82, 2.24) is 5.16 Å². The Kier molecular flexibility index (Phi) is 5.97. The predicted octanol–water partition coefficient (Wildman–Crippen LogP) is 4.22. The molecule has 7 heteroatoms. The molecule has 0 radical (unpaired) electrons. The Labute approximate surface area is 168 Å². The number of ether oxygens (including phenoxy) is 2. The molecule has 0 aliphatic rings. The minimum atomic E-state index is -0.472. The van der Waals surface area contributed by atoms with E-state index < -0.39 is 5.97 Å². The maximum absolute atomic E-state index is 12.9. The van der Waals surface area contributed by atoms with Crippen LogP contribution in [0.5, 0.6) is 5.75 Å². The minimum Gasteiger partial charge on any atom is -0.488 e. The molecule has 0 unspecified atom stereocenters. The molecule has 0 aliphatic carbocycles. The van der Waals surface area contributed by atoms with Crippen LogP contribution < -0.4 is 10.1 Å². The number of nitrogens with one attached hydrogen (secondary N) is 1. The lowest BCUT2D eigenvalue weighted by Crippen LogP contribution is -2.14. The van der Waals surface area contributed by atoms with Crippen LogP contribution in [0.4, 0.5) is 5.69 Å². The molecule has 3 aromatic rings. The zero-order valence-corrected chi connectivity index (χ0v) is 16.7. The van der Waals surface area contributed by atoms with E-state index in [1.807, 2.05) is 26.8 Å². The van der Waals surface area contributed by atoms with Crippen molar-refractivity contribution in [1.29, 1.82) is 0 Å². The first-order chi connectivity index (χ1) is 13.9. The summed E-state index contributed by atoms with van der Waals surface area (Å²) in [7, 11) is 1.31. The number of carbonyl (C=O) groups is 2. The van der Waals surface area contributed by atoms with Crippen molar-refractivity contribution in [3.05, 3.63) is 76.2 Å². The van der Waals surface area contributed by atoms with E-state index in [1.54, 1.807) is 36.4 Å². The molecule has 1 amide bonds. The Morgan fingerprint density at radius 2 is 1.90 bits per heavy atom. The normalized spacial score (nSPS) is 10.5. The van der Waals surface area contributed by atoms with Crippen LogP contribution in [0.1, 0.15) is 43.3 Å². The molecule has 150 valence electrons. The third-order valence-electron chi connectivity index (χ3n) is 4.48. The molecule has 3 rings (SSSR count). The van der Waals surface area contributed by atoms with Crippen molar-refractivity contribution in [2.45, 2.75) is 27.4 Å². The third-order valence-corrected chi connectivity index (χ3v) is 4.48. The predicted molar refractivity (Wildman–Crippen MR) is 107 cm³/mol. The molecule has 0 atom stereocenters. The van der Waals surface area contributed by atoms with Crippen LogP contribution in [0.3, 0.4) is 0 Å². The van der Waals surface area contributed by atoms with Gasteiger partial charge in [0.25, 0.3) is 5.91 Å². The van der Waals surface area contributed by atoms with Gasteiger partial charge in [-0.2, -0.15) is 0 Å². The Hall–Kier alpha value is -3.61. The van der Waals surface area contributed by atoms with Gasteiger partial charge in [-0.3, -0.25) is 4.79 Å². The summed E-state index contributed by atoms with van der Waals surface area (Å²) in [6, 6.07) is 11.9. The molecule has 1 aromatic heterocycles. The highest BCUT2D eigenvalue weighted by Crippen LogP contribution is 2.24. The lowest BCUT2D eigenvalue weighted by Gasteiger charge is -2.13. The Bertz CT molecular complexity index is 1040. The summed E-state index contributed by atoms with van der Waals surface area (Å²) >= 11 is 0. The number of hydrogen-bond donors (Lipinski definition) is 1. The summed E-state index contributed by atoms with van der Waals surface area (Å²) in [5, 5.41) is 6.71. The number of aromatic nitrogens is 1. The quantitative estimate of drug-likeness (QED) is 0.630. The molecule has 0 saturated carbocycles. The zero-order valence-electron chi connectivity index (χ0n) is 16.7. The van der Waals surface area contributed by atoms with Gasteiger partial charge in [0.2, 0.25) is 0 Å². The third kappa shape index (κ3) is 4.63. The molecule has 0 fully saturated rings. The summed E-state index contributed by atoms with van der Waals surface area (Å²) in [6.07, 6.45) is 0. The van der Waals surface area contributed by atoms with Crippen molar-refractivity contribution in [2.75, 3.05) is 12.4 Å². The first-order valence-corrected chi connectivity index (χ1v) is 9.04. The molecule has 0 bridgehead atoms. The SMILES string of the molecule is COC(=O)c1cccc(NC(=O)c2ccc(C)cc2OCc2c(C)noc2C)c1. The second kappa shape index (κ2) is 8.60. The van der Waals surface area contributed by atoms with Gasteiger partial charge in [-0.1, -0.05) is 17.3 Å². The fraction of sp³-hybridized carbons (Fsp3) is 0.227. The highest BCUT2D eigenvalue weighted by atomic mass is 16.5. The summed E-state index contributed by atoms with van der Waals surface area (Å²) < 4.78 is 15.8. The van der Waals surface area contributed by atoms with Gasteiger partial charge in [-0.15, -0.1) is 0 Å². The highest BCUT2D eigenvalue weighted by molar-refractivity contribution is 6.06. The van der Waals surface area contributed by atoms with Gasteiger partial charge in [0.05, 0.1) is 29.5 Å². The first-order valence-electron chi connectivity index (χ1n) is 9.04. The summed E-state index contributed by atoms with van der Waals surface area (Å²) in [4.78, 5) is 24.6. The van der Waals surface area contributed by atoms with Gasteiger partial charge in [0.1, 0.15) is 18.1 Å². The van der Waals surface area contributed by atoms with Crippen LogP contribution in [0, 0.1) is 20.8 Å². The number of anilines is 1. The van der Waals surface area contributed by atoms with Gasteiger partial charge in [0, 0.05) is 5.69 Å². The summed E-state index contributed by atoms with van der Waals surface area (Å²) in [5.41, 5.74) is 3.78. The fourth-order valence-corrected chi connectivity index (χ4v) is 2.83. The topological polar surface area (TPSA) is 90.7 Å². The van der Waals surface area contributed by atoms with E-state index >= 15 is 0 Å². The monoisotopic (exact) mass is 394 g/mol. The van der Waals surface area contributed by atoms with E-state index in [0.29, 0.717) is 28.3 Å². The van der Waals surface area contributed by atoms with Gasteiger partial charge in [-0.05, 0) is 56.7 Å². The second-order valence-corrected chi connectivity index (χ2v) is 6.62. The molecule has 0 spiro atoms. The first kappa shape index (κ1) is 20.1. The highest BCUT2D eigenvalue weighted by Gasteiger charge is 2.16. The van der Waals surface area contributed by atoms with E-state index in [1.165, 1.54) is 7.11 Å². The number of benzene rings is 2. The molecular formula is C22H22N2O5. The number of aryl methyl sites for hydroxylation is 3. The largest absolute Gasteiger partial charge is 0.488 e. The van der Waals surface area contributed by atoms with E-state index in [4.69, 9.17) is 14.0 Å². The average molecular weight is 394 g/mol. The molecular weight excluding hydrogens is 372 g/mol. The van der Waals surface area contributed by atoms with E-state index in [9.17, 15) is 9.59 Å². The van der Waals surface area contributed by atoms with Gasteiger partial charge >= 0.3 is 5.97 Å². The number of carbonyl (C=O) groups excluding carboxylic acids is 2. The van der Waals surface area contributed by atoms with E-state index in [0.717, 1.165) is 16.8 Å². The smallest absolute Gasteiger partial charge is 0.337 e. The number of esters is 1. The Morgan fingerprint density at radius 3 is 2.59 bits per heavy atom. The van der Waals surface area contributed by atoms with Crippen molar-refractivity contribution >= 4 is 17.6 Å². The molecule has 0 saturated heterocycles. The van der Waals surface area contributed by atoms with Crippen molar-refractivity contribution < 1.29 is 23.6 Å². The number of nitrogens with zero attached hydrogens (tertiary/aromatic N) is 1. The summed E-state index contributed by atoms with van der Waals surface area (Å²) in [6.45, 7) is 5.82. The lowest BCUT2D eigenvalue weighted by atomic mass is 10.1. The summed E-state index contributed by atoms with van der Waals surface area (Å²) in [5.74, 6) is 0.313. The molecule has 1 heterocycles. The van der Waals surface area contributed by atoms with Crippen LogP contribution >= 0.6 is 0 Å². The average Bonchev–Trinajstić information content (AvgIpc) is 3.03. The van der Waals surface area contributed by atoms with Crippen LogP contribution in [0.15, 0.2) is 47.0 Å². The Balaban J connectivity index is 1.81. The second-order valence-electron chi connectivity index (χ2n) is 6.62. The zero-order chi connectivity index (χ0) is 21.0. The van der Waals surface area contributed by atoms with Crippen molar-refractivity contribution in [2.24, 2.45) is 0 Å². The van der Waals surface area contributed by atoms with Crippen molar-refractivity contribution in [3.63, 3.8) is 0 Å². The van der Waals surface area contributed by atoms with Crippen LogP contribution in [-0.4, -0.2) is 24.1 Å². The number of methoxy groups -OCH3 is 1. The Morgan fingerprint density at radius 1 is 1.10 bits per heavy atom.